The highest BCUT2D eigenvalue weighted by molar-refractivity contribution is 7.98. The Kier molecular flexibility index (Phi) is 4.96. The number of hydrogen-bond acceptors (Lipinski definition) is 2. The highest BCUT2D eigenvalue weighted by Gasteiger charge is 2.16. The smallest absolute Gasteiger partial charge is 0.254 e. The fourth-order valence-electron chi connectivity index (χ4n) is 1.92. The molecule has 0 aliphatic rings. The summed E-state index contributed by atoms with van der Waals surface area (Å²) in [5, 5.41) is 2.67. The van der Waals surface area contributed by atoms with Crippen LogP contribution in [-0.2, 0) is 0 Å². The average molecular weight is 307 g/mol. The number of thioether (sulfide) groups is 1. The lowest BCUT2D eigenvalue weighted by Crippen LogP contribution is -2.27. The highest BCUT2D eigenvalue weighted by atomic mass is 32.2. The van der Waals surface area contributed by atoms with E-state index in [1.807, 2.05) is 30.5 Å². The zero-order valence-electron chi connectivity index (χ0n) is 11.7. The van der Waals surface area contributed by atoms with E-state index in [1.165, 1.54) is 0 Å². The van der Waals surface area contributed by atoms with Crippen LogP contribution in [0.5, 0.6) is 0 Å². The van der Waals surface area contributed by atoms with Crippen molar-refractivity contribution in [2.75, 3.05) is 6.26 Å². The van der Waals surface area contributed by atoms with Crippen LogP contribution in [0.2, 0.25) is 0 Å². The van der Waals surface area contributed by atoms with E-state index in [1.54, 1.807) is 18.7 Å². The van der Waals surface area contributed by atoms with Crippen LogP contribution in [0.1, 0.15) is 28.9 Å². The van der Waals surface area contributed by atoms with Gasteiger partial charge in [0.25, 0.3) is 5.91 Å². The number of benzene rings is 2. The lowest BCUT2D eigenvalue weighted by Gasteiger charge is -2.15. The van der Waals surface area contributed by atoms with Gasteiger partial charge in [-0.05, 0) is 49.1 Å². The van der Waals surface area contributed by atoms with E-state index in [-0.39, 0.29) is 11.6 Å². The van der Waals surface area contributed by atoms with Crippen LogP contribution in [0.3, 0.4) is 0 Å². The minimum Gasteiger partial charge on any atom is -0.345 e. The number of nitrogens with one attached hydrogen (secondary N) is 1. The maximum atomic E-state index is 13.5. The van der Waals surface area contributed by atoms with Gasteiger partial charge in [0.2, 0.25) is 0 Å². The summed E-state index contributed by atoms with van der Waals surface area (Å²) < 4.78 is 26.6. The van der Waals surface area contributed by atoms with Gasteiger partial charge in [0.15, 0.2) is 0 Å². The number of halogens is 2. The van der Waals surface area contributed by atoms with Crippen LogP contribution in [0, 0.1) is 11.6 Å². The minimum atomic E-state index is -0.737. The Morgan fingerprint density at radius 1 is 1.14 bits per heavy atom. The maximum absolute atomic E-state index is 13.5. The van der Waals surface area contributed by atoms with Gasteiger partial charge in [-0.25, -0.2) is 8.78 Å². The molecule has 0 aliphatic heterocycles. The molecule has 110 valence electrons. The molecule has 1 amide bonds. The number of rotatable bonds is 4. The molecule has 5 heteroatoms. The van der Waals surface area contributed by atoms with E-state index < -0.39 is 17.5 Å². The van der Waals surface area contributed by atoms with E-state index in [0.717, 1.165) is 28.7 Å². The van der Waals surface area contributed by atoms with Crippen LogP contribution in [0.25, 0.3) is 0 Å². The second kappa shape index (κ2) is 6.72. The van der Waals surface area contributed by atoms with Gasteiger partial charge in [0.1, 0.15) is 11.6 Å². The van der Waals surface area contributed by atoms with Crippen LogP contribution in [-0.4, -0.2) is 12.2 Å². The van der Waals surface area contributed by atoms with E-state index in [2.05, 4.69) is 5.32 Å². The molecular formula is C16H15F2NOS. The summed E-state index contributed by atoms with van der Waals surface area (Å²) in [4.78, 5) is 13.1. The average Bonchev–Trinajstić information content (AvgIpc) is 2.49. The second-order valence-corrected chi connectivity index (χ2v) is 5.47. The molecule has 0 aliphatic carbocycles. The van der Waals surface area contributed by atoms with E-state index in [9.17, 15) is 13.6 Å². The third-order valence-electron chi connectivity index (χ3n) is 3.14. The molecule has 0 saturated heterocycles. The van der Waals surface area contributed by atoms with Crippen molar-refractivity contribution in [2.24, 2.45) is 0 Å². The van der Waals surface area contributed by atoms with Crippen molar-refractivity contribution in [3.63, 3.8) is 0 Å². The van der Waals surface area contributed by atoms with Crippen molar-refractivity contribution >= 4 is 17.7 Å². The van der Waals surface area contributed by atoms with Crippen LogP contribution in [0.15, 0.2) is 47.4 Å². The molecular weight excluding hydrogens is 292 g/mol. The van der Waals surface area contributed by atoms with Crippen molar-refractivity contribution in [1.82, 2.24) is 5.32 Å². The molecule has 0 heterocycles. The first-order valence-corrected chi connectivity index (χ1v) is 7.63. The topological polar surface area (TPSA) is 29.1 Å². The van der Waals surface area contributed by atoms with Gasteiger partial charge in [0, 0.05) is 4.90 Å². The zero-order valence-corrected chi connectivity index (χ0v) is 12.5. The van der Waals surface area contributed by atoms with E-state index in [4.69, 9.17) is 0 Å². The monoisotopic (exact) mass is 307 g/mol. The quantitative estimate of drug-likeness (QED) is 0.859. The zero-order chi connectivity index (χ0) is 15.4. The first-order chi connectivity index (χ1) is 10.0. The third kappa shape index (κ3) is 3.82. The van der Waals surface area contributed by atoms with Gasteiger partial charge in [-0.15, -0.1) is 11.8 Å². The van der Waals surface area contributed by atoms with Crippen molar-refractivity contribution in [3.8, 4) is 0 Å². The molecule has 2 aromatic carbocycles. The Labute approximate surface area is 126 Å². The largest absolute Gasteiger partial charge is 0.345 e. The van der Waals surface area contributed by atoms with Gasteiger partial charge < -0.3 is 5.32 Å². The molecule has 1 atom stereocenters. The van der Waals surface area contributed by atoms with Gasteiger partial charge in [-0.1, -0.05) is 12.1 Å². The number of hydrogen-bond donors (Lipinski definition) is 1. The van der Waals surface area contributed by atoms with Gasteiger partial charge >= 0.3 is 0 Å². The molecule has 0 saturated carbocycles. The van der Waals surface area contributed by atoms with Crippen LogP contribution < -0.4 is 5.32 Å². The molecule has 2 aromatic rings. The molecule has 2 nitrogen and oxygen atoms in total. The molecule has 0 bridgehead atoms. The number of amides is 1. The molecule has 21 heavy (non-hydrogen) atoms. The summed E-state index contributed by atoms with van der Waals surface area (Å²) in [6, 6.07) is 10.2. The van der Waals surface area contributed by atoms with Crippen LogP contribution in [0.4, 0.5) is 8.78 Å². The molecule has 0 radical (unpaired) electrons. The Bertz CT molecular complexity index is 643. The fourth-order valence-corrected chi connectivity index (χ4v) is 2.33. The SMILES string of the molecule is CSc1ccc([C@@H](C)NC(=O)c2cc(F)ccc2F)cc1. The molecule has 0 fully saturated rings. The van der Waals surface area contributed by atoms with Crippen molar-refractivity contribution in [3.05, 3.63) is 65.2 Å². The van der Waals surface area contributed by atoms with Gasteiger partial charge in [-0.2, -0.15) is 0 Å². The molecule has 2 rings (SSSR count). The summed E-state index contributed by atoms with van der Waals surface area (Å²) >= 11 is 1.62. The predicted octanol–water partition coefficient (Wildman–Crippen LogP) is 4.18. The Hall–Kier alpha value is -1.88. The standard InChI is InChI=1S/C16H15F2NOS/c1-10(11-3-6-13(21-2)7-4-11)19-16(20)14-9-12(17)5-8-15(14)18/h3-10H,1-2H3,(H,19,20)/t10-/m1/s1. The first kappa shape index (κ1) is 15.5. The number of carbonyl (C=O) groups excluding carboxylic acids is 1. The lowest BCUT2D eigenvalue weighted by molar-refractivity contribution is 0.0935. The Morgan fingerprint density at radius 3 is 2.43 bits per heavy atom. The summed E-state index contributed by atoms with van der Waals surface area (Å²) in [6.07, 6.45) is 1.98. The van der Waals surface area contributed by atoms with E-state index >= 15 is 0 Å². The summed E-state index contributed by atoms with van der Waals surface area (Å²) in [5.74, 6) is -2.01. The summed E-state index contributed by atoms with van der Waals surface area (Å²) in [5.41, 5.74) is 0.612. The first-order valence-electron chi connectivity index (χ1n) is 6.41. The van der Waals surface area contributed by atoms with Gasteiger partial charge in [0.05, 0.1) is 11.6 Å². The van der Waals surface area contributed by atoms with Crippen molar-refractivity contribution in [2.45, 2.75) is 17.9 Å². The third-order valence-corrected chi connectivity index (χ3v) is 3.88. The minimum absolute atomic E-state index is 0.289. The van der Waals surface area contributed by atoms with Crippen LogP contribution >= 0.6 is 11.8 Å². The van der Waals surface area contributed by atoms with Crippen molar-refractivity contribution in [1.29, 1.82) is 0 Å². The van der Waals surface area contributed by atoms with Crippen molar-refractivity contribution < 1.29 is 13.6 Å². The Balaban J connectivity index is 2.12. The van der Waals surface area contributed by atoms with Gasteiger partial charge in [-0.3, -0.25) is 4.79 Å². The lowest BCUT2D eigenvalue weighted by atomic mass is 10.1. The molecule has 0 spiro atoms. The number of carbonyl (C=O) groups is 1. The second-order valence-electron chi connectivity index (χ2n) is 4.59. The normalized spacial score (nSPS) is 12.0. The maximum Gasteiger partial charge on any atom is 0.254 e. The molecule has 1 N–H and O–H groups in total. The predicted molar refractivity (Wildman–Crippen MR) is 80.5 cm³/mol. The van der Waals surface area contributed by atoms with E-state index in [0.29, 0.717) is 0 Å². The summed E-state index contributed by atoms with van der Waals surface area (Å²) in [7, 11) is 0. The highest BCUT2D eigenvalue weighted by Crippen LogP contribution is 2.19. The molecule has 0 aromatic heterocycles. The fraction of sp³-hybridized carbons (Fsp3) is 0.188. The summed E-state index contributed by atoms with van der Waals surface area (Å²) in [6.45, 7) is 1.79. The molecule has 0 unspecified atom stereocenters. The Morgan fingerprint density at radius 2 is 1.81 bits per heavy atom.